The van der Waals surface area contributed by atoms with Crippen LogP contribution >= 0.6 is 0 Å². The van der Waals surface area contributed by atoms with Crippen LogP contribution in [-0.2, 0) is 4.79 Å². The highest BCUT2D eigenvalue weighted by atomic mass is 16.3. The molecule has 2 aromatic heterocycles. The van der Waals surface area contributed by atoms with Crippen molar-refractivity contribution in [3.8, 4) is 0 Å². The van der Waals surface area contributed by atoms with Crippen LogP contribution in [0.15, 0.2) is 33.8 Å². The Kier molecular flexibility index (Phi) is 6.93. The number of furan rings is 1. The zero-order valence-corrected chi connectivity index (χ0v) is 15.4. The number of hydrogen-bond donors (Lipinski definition) is 3. The minimum Gasteiger partial charge on any atom is -0.483 e. The zero-order chi connectivity index (χ0) is 19.8. The molecule has 5 N–H and O–H groups in total. The first-order valence-electron chi connectivity index (χ1n) is 8.50. The second-order valence-electron chi connectivity index (χ2n) is 5.94. The summed E-state index contributed by atoms with van der Waals surface area (Å²) in [5.41, 5.74) is 7.57. The minimum atomic E-state index is -0.250. The van der Waals surface area contributed by atoms with E-state index in [0.717, 1.165) is 46.8 Å². The molecule has 0 unspecified atom stereocenters. The predicted octanol–water partition coefficient (Wildman–Crippen LogP) is 2.22. The van der Waals surface area contributed by atoms with Gasteiger partial charge in [0.2, 0.25) is 0 Å². The molecule has 3 aromatic rings. The van der Waals surface area contributed by atoms with Crippen molar-refractivity contribution in [3.63, 3.8) is 0 Å². The number of carbonyl (C=O) groups is 1. The van der Waals surface area contributed by atoms with E-state index in [0.29, 0.717) is 5.84 Å². The van der Waals surface area contributed by atoms with Gasteiger partial charge in [-0.1, -0.05) is 12.1 Å². The lowest BCUT2D eigenvalue weighted by molar-refractivity contribution is -0.122. The second kappa shape index (κ2) is 9.37. The summed E-state index contributed by atoms with van der Waals surface area (Å²) < 4.78 is 5.98. The molecule has 0 saturated carbocycles. The summed E-state index contributed by atoms with van der Waals surface area (Å²) in [4.78, 5) is 19.8. The van der Waals surface area contributed by atoms with Gasteiger partial charge in [-0.3, -0.25) is 4.79 Å². The maximum absolute atomic E-state index is 8.36. The van der Waals surface area contributed by atoms with E-state index in [4.69, 9.17) is 20.1 Å². The highest BCUT2D eigenvalue weighted by Gasteiger charge is 2.21. The Labute approximate surface area is 156 Å². The molecule has 27 heavy (non-hydrogen) atoms. The second-order valence-corrected chi connectivity index (χ2v) is 5.94. The molecule has 0 atom stereocenters. The van der Waals surface area contributed by atoms with Crippen LogP contribution in [0.3, 0.4) is 0 Å². The Balaban J connectivity index is 0.000000281. The lowest BCUT2D eigenvalue weighted by Gasteiger charge is -2.16. The average Bonchev–Trinajstić information content (AvgIpc) is 3.30. The predicted molar refractivity (Wildman–Crippen MR) is 106 cm³/mol. The Bertz CT molecular complexity index is 927. The molecule has 4 rings (SSSR count). The normalized spacial score (nSPS) is 13.7. The van der Waals surface area contributed by atoms with Crippen molar-refractivity contribution in [1.29, 1.82) is 0 Å². The third-order valence-corrected chi connectivity index (χ3v) is 3.92. The first kappa shape index (κ1) is 20.0. The summed E-state index contributed by atoms with van der Waals surface area (Å²) in [7, 11) is 0. The Morgan fingerprint density at radius 1 is 1.30 bits per heavy atom. The van der Waals surface area contributed by atoms with Gasteiger partial charge in [-0.05, 0) is 38.8 Å². The molecule has 144 valence electrons. The molecule has 1 aliphatic heterocycles. The van der Waals surface area contributed by atoms with Crippen LogP contribution < -0.4 is 16.5 Å². The van der Waals surface area contributed by atoms with Crippen LogP contribution in [0.2, 0.25) is 0 Å². The Morgan fingerprint density at radius 3 is 2.48 bits per heavy atom. The van der Waals surface area contributed by atoms with Crippen LogP contribution in [0.1, 0.15) is 25.6 Å². The van der Waals surface area contributed by atoms with Gasteiger partial charge in [-0.2, -0.15) is 5.10 Å². The topological polar surface area (TPSA) is 144 Å². The molecule has 0 spiro atoms. The zero-order valence-electron chi connectivity index (χ0n) is 15.4. The van der Waals surface area contributed by atoms with Gasteiger partial charge in [0, 0.05) is 18.5 Å². The van der Waals surface area contributed by atoms with Crippen molar-refractivity contribution < 1.29 is 14.3 Å². The number of hydrazone groups is 1. The van der Waals surface area contributed by atoms with E-state index >= 15 is 0 Å². The number of nitrogens with zero attached hydrogens (tertiary/aromatic N) is 4. The van der Waals surface area contributed by atoms with Crippen LogP contribution in [0.25, 0.3) is 22.1 Å². The SMILES string of the molecule is C/C(N)=N/N.Cc1nc(N2CCCC2)c2oc3ccccc3c2n1.O=CO. The largest absolute Gasteiger partial charge is 0.483 e. The molecule has 1 aromatic carbocycles. The van der Waals surface area contributed by atoms with E-state index in [9.17, 15) is 0 Å². The first-order chi connectivity index (χ1) is 13.0. The first-order valence-corrected chi connectivity index (χ1v) is 8.50. The van der Waals surface area contributed by atoms with E-state index < -0.39 is 0 Å². The number of fused-ring (bicyclic) bond motifs is 3. The molecule has 1 fully saturated rings. The molecule has 0 bridgehead atoms. The molecule has 9 heteroatoms. The standard InChI is InChI=1S/C15H15N3O.C2H7N3.CH2O2/c1-10-16-13-11-6-2-3-7-12(11)19-14(13)15(17-10)18-8-4-5-9-18;1-2(3)5-4;2-1-3/h2-3,6-7H,4-5,8-9H2,1H3;4H2,1H3,(H2,3,5);1H,(H,2,3). The molecular formula is C18H24N6O3. The summed E-state index contributed by atoms with van der Waals surface area (Å²) in [6.45, 7) is 5.44. The number of anilines is 1. The fourth-order valence-electron chi connectivity index (χ4n) is 2.83. The Hall–Kier alpha value is -3.36. The van der Waals surface area contributed by atoms with Gasteiger partial charge >= 0.3 is 0 Å². The maximum Gasteiger partial charge on any atom is 0.290 e. The fourth-order valence-corrected chi connectivity index (χ4v) is 2.83. The van der Waals surface area contributed by atoms with Crippen LogP contribution in [-0.4, -0.2) is 40.5 Å². The fraction of sp³-hybridized carbons (Fsp3) is 0.333. The summed E-state index contributed by atoms with van der Waals surface area (Å²) in [6.07, 6.45) is 2.45. The van der Waals surface area contributed by atoms with Crippen molar-refractivity contribution in [2.75, 3.05) is 18.0 Å². The highest BCUT2D eigenvalue weighted by Crippen LogP contribution is 2.33. The van der Waals surface area contributed by atoms with Crippen molar-refractivity contribution in [3.05, 3.63) is 30.1 Å². The molecule has 0 amide bonds. The number of nitrogens with two attached hydrogens (primary N) is 2. The van der Waals surface area contributed by atoms with Gasteiger partial charge in [-0.15, -0.1) is 0 Å². The molecule has 1 aliphatic rings. The average molecular weight is 372 g/mol. The molecule has 1 saturated heterocycles. The summed E-state index contributed by atoms with van der Waals surface area (Å²) in [6, 6.07) is 8.05. The number of aryl methyl sites for hydroxylation is 1. The van der Waals surface area contributed by atoms with Gasteiger partial charge in [0.1, 0.15) is 22.8 Å². The number of para-hydroxylation sites is 1. The lowest BCUT2D eigenvalue weighted by atomic mass is 10.2. The van der Waals surface area contributed by atoms with E-state index in [1.165, 1.54) is 12.8 Å². The van der Waals surface area contributed by atoms with Crippen LogP contribution in [0.4, 0.5) is 5.82 Å². The van der Waals surface area contributed by atoms with Gasteiger partial charge in [0.25, 0.3) is 6.47 Å². The van der Waals surface area contributed by atoms with Crippen LogP contribution in [0.5, 0.6) is 0 Å². The summed E-state index contributed by atoms with van der Waals surface area (Å²) in [5, 5.41) is 11.0. The van der Waals surface area contributed by atoms with Crippen LogP contribution in [0, 0.1) is 6.92 Å². The van der Waals surface area contributed by atoms with E-state index in [1.54, 1.807) is 6.92 Å². The monoisotopic (exact) mass is 372 g/mol. The van der Waals surface area contributed by atoms with Gasteiger partial charge in [0.15, 0.2) is 11.4 Å². The number of benzene rings is 1. The third kappa shape index (κ3) is 4.84. The number of carboxylic acid groups (broad SMARTS) is 1. The Morgan fingerprint density at radius 2 is 1.89 bits per heavy atom. The van der Waals surface area contributed by atoms with E-state index in [2.05, 4.69) is 31.9 Å². The smallest absolute Gasteiger partial charge is 0.290 e. The van der Waals surface area contributed by atoms with E-state index in [-0.39, 0.29) is 6.47 Å². The molecule has 0 aliphatic carbocycles. The molecule has 3 heterocycles. The van der Waals surface area contributed by atoms with E-state index in [1.807, 2.05) is 25.1 Å². The molecule has 9 nitrogen and oxygen atoms in total. The number of rotatable bonds is 1. The van der Waals surface area contributed by atoms with Crippen molar-refractivity contribution in [2.24, 2.45) is 16.7 Å². The van der Waals surface area contributed by atoms with Gasteiger partial charge in [-0.25, -0.2) is 9.97 Å². The third-order valence-electron chi connectivity index (χ3n) is 3.92. The van der Waals surface area contributed by atoms with Crippen molar-refractivity contribution in [1.82, 2.24) is 9.97 Å². The minimum absolute atomic E-state index is 0.250. The summed E-state index contributed by atoms with van der Waals surface area (Å²) in [5.74, 6) is 6.80. The quantitative estimate of drug-likeness (QED) is 0.194. The lowest BCUT2D eigenvalue weighted by Crippen LogP contribution is -2.19. The molecule has 0 radical (unpaired) electrons. The van der Waals surface area contributed by atoms with Gasteiger partial charge < -0.3 is 26.0 Å². The molecular weight excluding hydrogens is 348 g/mol. The van der Waals surface area contributed by atoms with Crippen molar-refractivity contribution in [2.45, 2.75) is 26.7 Å². The number of aromatic nitrogens is 2. The number of amidine groups is 1. The highest BCUT2D eigenvalue weighted by molar-refractivity contribution is 6.05. The summed E-state index contributed by atoms with van der Waals surface area (Å²) >= 11 is 0. The van der Waals surface area contributed by atoms with Gasteiger partial charge in [0.05, 0.1) is 0 Å². The number of hydrogen-bond acceptors (Lipinski definition) is 7. The maximum atomic E-state index is 8.36. The van der Waals surface area contributed by atoms with Crippen molar-refractivity contribution >= 4 is 40.2 Å².